The first-order valence-corrected chi connectivity index (χ1v) is 9.37. The molecule has 138 valence electrons. The molecule has 0 amide bonds. The fourth-order valence-electron chi connectivity index (χ4n) is 3.03. The summed E-state index contributed by atoms with van der Waals surface area (Å²) in [5.74, 6) is 0.953. The highest BCUT2D eigenvalue weighted by molar-refractivity contribution is 8.16. The molecule has 1 aromatic carbocycles. The van der Waals surface area contributed by atoms with Crippen LogP contribution in [0.5, 0.6) is 11.5 Å². The van der Waals surface area contributed by atoms with Crippen LogP contribution in [0.25, 0.3) is 0 Å². The highest BCUT2D eigenvalue weighted by Crippen LogP contribution is 2.43. The van der Waals surface area contributed by atoms with Gasteiger partial charge < -0.3 is 19.1 Å². The molecule has 2 aliphatic rings. The normalized spacial score (nSPS) is 18.5. The first kappa shape index (κ1) is 18.4. The molecule has 2 aliphatic heterocycles. The van der Waals surface area contributed by atoms with Gasteiger partial charge in [0, 0.05) is 6.20 Å². The van der Waals surface area contributed by atoms with Crippen LogP contribution in [0.3, 0.4) is 0 Å². The lowest BCUT2D eigenvalue weighted by molar-refractivity contribution is -0.139. The molecule has 0 aliphatic carbocycles. The molecule has 0 aromatic heterocycles. The summed E-state index contributed by atoms with van der Waals surface area (Å²) in [7, 11) is 1.61. The maximum Gasteiger partial charge on any atom is 0.338 e. The molecule has 0 bridgehead atoms. The van der Waals surface area contributed by atoms with Crippen molar-refractivity contribution in [2.75, 3.05) is 20.3 Å². The van der Waals surface area contributed by atoms with Crippen molar-refractivity contribution >= 4 is 22.9 Å². The number of nitrogens with zero attached hydrogens (tertiary/aromatic N) is 2. The Kier molecular flexibility index (Phi) is 5.56. The van der Waals surface area contributed by atoms with Gasteiger partial charge in [-0.2, -0.15) is 0 Å². The molecule has 0 unspecified atom stereocenters. The summed E-state index contributed by atoms with van der Waals surface area (Å²) >= 11 is 1.53. The summed E-state index contributed by atoms with van der Waals surface area (Å²) in [6, 6.07) is 5.40. The number of carbonyl (C=O) groups is 1. The minimum absolute atomic E-state index is 0.316. The Morgan fingerprint density at radius 3 is 2.77 bits per heavy atom. The molecule has 1 atom stereocenters. The number of fused-ring (bicyclic) bond motifs is 1. The lowest BCUT2D eigenvalue weighted by Crippen LogP contribution is -2.34. The van der Waals surface area contributed by atoms with Crippen molar-refractivity contribution in [3.8, 4) is 11.5 Å². The quantitative estimate of drug-likeness (QED) is 0.705. The summed E-state index contributed by atoms with van der Waals surface area (Å²) in [5.41, 5.74) is 2.12. The van der Waals surface area contributed by atoms with Crippen molar-refractivity contribution in [1.82, 2.24) is 4.90 Å². The number of allylic oxidation sites excluding steroid dienone is 1. The number of carbonyl (C=O) groups excluding carboxylic acids is 1. The molecule has 3 rings (SSSR count). The van der Waals surface area contributed by atoms with Gasteiger partial charge >= 0.3 is 5.97 Å². The molecule has 2 heterocycles. The Hall–Kier alpha value is -2.41. The Morgan fingerprint density at radius 1 is 1.27 bits per heavy atom. The molecule has 26 heavy (non-hydrogen) atoms. The van der Waals surface area contributed by atoms with Gasteiger partial charge in [-0.15, -0.1) is 0 Å². The zero-order valence-electron chi connectivity index (χ0n) is 15.3. The van der Waals surface area contributed by atoms with Crippen molar-refractivity contribution in [2.24, 2.45) is 4.99 Å². The van der Waals surface area contributed by atoms with Crippen LogP contribution < -0.4 is 9.47 Å². The van der Waals surface area contributed by atoms with E-state index in [1.807, 2.05) is 48.6 Å². The number of thioether (sulfide) groups is 1. The second-order valence-corrected chi connectivity index (χ2v) is 6.54. The van der Waals surface area contributed by atoms with Gasteiger partial charge in [0.25, 0.3) is 0 Å². The summed E-state index contributed by atoms with van der Waals surface area (Å²) < 4.78 is 16.4. The van der Waals surface area contributed by atoms with Crippen LogP contribution in [0.2, 0.25) is 0 Å². The molecule has 0 spiro atoms. The van der Waals surface area contributed by atoms with Crippen LogP contribution in [-0.2, 0) is 9.53 Å². The molecule has 0 radical (unpaired) electrons. The van der Waals surface area contributed by atoms with Crippen LogP contribution >= 0.6 is 11.8 Å². The van der Waals surface area contributed by atoms with E-state index in [2.05, 4.69) is 4.99 Å². The summed E-state index contributed by atoms with van der Waals surface area (Å²) in [5, 5.41) is 2.80. The average molecular weight is 374 g/mol. The van der Waals surface area contributed by atoms with E-state index in [4.69, 9.17) is 14.2 Å². The van der Waals surface area contributed by atoms with E-state index in [1.54, 1.807) is 14.0 Å². The number of hydrogen-bond acceptors (Lipinski definition) is 7. The van der Waals surface area contributed by atoms with Gasteiger partial charge in [-0.3, -0.25) is 0 Å². The van der Waals surface area contributed by atoms with Crippen LogP contribution in [0.1, 0.15) is 32.4 Å². The van der Waals surface area contributed by atoms with Crippen molar-refractivity contribution in [1.29, 1.82) is 0 Å². The van der Waals surface area contributed by atoms with Gasteiger partial charge in [-0.25, -0.2) is 9.79 Å². The predicted octanol–water partition coefficient (Wildman–Crippen LogP) is 3.86. The zero-order valence-corrected chi connectivity index (χ0v) is 16.1. The zero-order chi connectivity index (χ0) is 18.7. The Morgan fingerprint density at radius 2 is 2.08 bits per heavy atom. The van der Waals surface area contributed by atoms with Crippen LogP contribution in [0, 0.1) is 0 Å². The monoisotopic (exact) mass is 374 g/mol. The largest absolute Gasteiger partial charge is 0.493 e. The second kappa shape index (κ2) is 7.86. The van der Waals surface area contributed by atoms with Crippen LogP contribution in [0.4, 0.5) is 0 Å². The van der Waals surface area contributed by atoms with Crippen molar-refractivity contribution in [3.63, 3.8) is 0 Å². The van der Waals surface area contributed by atoms with Crippen molar-refractivity contribution in [3.05, 3.63) is 46.6 Å². The summed E-state index contributed by atoms with van der Waals surface area (Å²) in [4.78, 5) is 19.2. The van der Waals surface area contributed by atoms with E-state index in [-0.39, 0.29) is 12.0 Å². The molecule has 0 N–H and O–H groups in total. The van der Waals surface area contributed by atoms with Gasteiger partial charge in [0.1, 0.15) is 0 Å². The van der Waals surface area contributed by atoms with Gasteiger partial charge in [-0.05, 0) is 43.9 Å². The van der Waals surface area contributed by atoms with Crippen LogP contribution in [0.15, 0.2) is 46.1 Å². The molecule has 7 heteroatoms. The Labute approximate surface area is 157 Å². The Bertz CT molecular complexity index is 801. The maximum absolute atomic E-state index is 12.6. The van der Waals surface area contributed by atoms with Gasteiger partial charge in [0.05, 0.1) is 37.6 Å². The third-order valence-electron chi connectivity index (χ3n) is 4.12. The number of esters is 1. The molecule has 1 aromatic rings. The van der Waals surface area contributed by atoms with Crippen molar-refractivity contribution < 1.29 is 19.0 Å². The molecule has 0 saturated heterocycles. The van der Waals surface area contributed by atoms with E-state index in [9.17, 15) is 4.79 Å². The molecular weight excluding hydrogens is 352 g/mol. The molecule has 6 nitrogen and oxygen atoms in total. The topological polar surface area (TPSA) is 60.4 Å². The van der Waals surface area contributed by atoms with Crippen molar-refractivity contribution in [2.45, 2.75) is 26.8 Å². The van der Waals surface area contributed by atoms with E-state index in [1.165, 1.54) is 11.8 Å². The van der Waals surface area contributed by atoms with E-state index in [0.717, 1.165) is 10.7 Å². The summed E-state index contributed by atoms with van der Waals surface area (Å²) in [6.45, 7) is 6.43. The number of hydrogen-bond donors (Lipinski definition) is 0. The fourth-order valence-corrected chi connectivity index (χ4v) is 3.82. The standard InChI is InChI=1S/C19H22N2O4S/c1-5-24-14-8-7-13(11-15(14)23-4)17-16(18(22)25-6-2)12(3)20-19-21(17)9-10-26-19/h7-11,17H,5-6H2,1-4H3/t17-/m1/s1. The first-order chi connectivity index (χ1) is 12.6. The first-order valence-electron chi connectivity index (χ1n) is 8.49. The molecule has 0 saturated carbocycles. The Balaban J connectivity index is 2.09. The lowest BCUT2D eigenvalue weighted by Gasteiger charge is -2.33. The van der Waals surface area contributed by atoms with E-state index in [0.29, 0.717) is 36.0 Å². The minimum atomic E-state index is -0.351. The SMILES string of the molecule is CCOC(=O)C1=C(C)N=C2SC=CN2[C@@H]1c1ccc(OCC)c(OC)c1. The molecular formula is C19H22N2O4S. The second-order valence-electron chi connectivity index (χ2n) is 5.67. The average Bonchev–Trinajstić information content (AvgIpc) is 3.09. The third kappa shape index (κ3) is 3.31. The highest BCUT2D eigenvalue weighted by atomic mass is 32.2. The minimum Gasteiger partial charge on any atom is -0.493 e. The number of rotatable bonds is 6. The van der Waals surface area contributed by atoms with E-state index >= 15 is 0 Å². The highest BCUT2D eigenvalue weighted by Gasteiger charge is 2.37. The van der Waals surface area contributed by atoms with E-state index < -0.39 is 0 Å². The predicted molar refractivity (Wildman–Crippen MR) is 102 cm³/mol. The fraction of sp³-hybridized carbons (Fsp3) is 0.368. The number of amidine groups is 1. The number of benzene rings is 1. The smallest absolute Gasteiger partial charge is 0.338 e. The number of ether oxygens (including phenoxy) is 3. The summed E-state index contributed by atoms with van der Waals surface area (Å²) in [6.07, 6.45) is 1.93. The van der Waals surface area contributed by atoms with Gasteiger partial charge in [-0.1, -0.05) is 17.8 Å². The molecule has 0 fully saturated rings. The van der Waals surface area contributed by atoms with Crippen LogP contribution in [-0.4, -0.2) is 36.4 Å². The lowest BCUT2D eigenvalue weighted by atomic mass is 9.94. The third-order valence-corrected chi connectivity index (χ3v) is 4.89. The number of methoxy groups -OCH3 is 1. The maximum atomic E-state index is 12.6. The number of aliphatic imine (C=N–C) groups is 1. The van der Waals surface area contributed by atoms with Gasteiger partial charge in [0.2, 0.25) is 0 Å². The van der Waals surface area contributed by atoms with Gasteiger partial charge in [0.15, 0.2) is 16.7 Å².